The zero-order valence-electron chi connectivity index (χ0n) is 17.6. The van der Waals surface area contributed by atoms with Crippen LogP contribution in [-0.4, -0.2) is 49.3 Å². The Bertz CT molecular complexity index is 1080. The third kappa shape index (κ3) is 5.12. The third-order valence-corrected chi connectivity index (χ3v) is 5.33. The van der Waals surface area contributed by atoms with Crippen molar-refractivity contribution >= 4 is 40.6 Å². The second kappa shape index (κ2) is 10.5. The molecule has 3 rings (SSSR count). The number of thioether (sulfide) groups is 1. The maximum Gasteiger partial charge on any atom is 0.294 e. The van der Waals surface area contributed by atoms with E-state index >= 15 is 0 Å². The zero-order chi connectivity index (χ0) is 23.1. The van der Waals surface area contributed by atoms with Crippen molar-refractivity contribution in [1.82, 2.24) is 4.90 Å². The summed E-state index contributed by atoms with van der Waals surface area (Å²) in [5, 5.41) is 2.12. The highest BCUT2D eigenvalue weighted by Crippen LogP contribution is 2.37. The van der Waals surface area contributed by atoms with E-state index in [1.807, 2.05) is 0 Å². The summed E-state index contributed by atoms with van der Waals surface area (Å²) in [6.07, 6.45) is 3.13. The van der Waals surface area contributed by atoms with E-state index in [-0.39, 0.29) is 11.5 Å². The van der Waals surface area contributed by atoms with Gasteiger partial charge in [-0.3, -0.25) is 19.3 Å². The lowest BCUT2D eigenvalue weighted by atomic mass is 10.1. The van der Waals surface area contributed by atoms with E-state index < -0.39 is 23.6 Å². The molecule has 0 saturated carbocycles. The molecule has 9 heteroatoms. The number of carbonyl (C=O) groups excluding carboxylic acids is 3. The van der Waals surface area contributed by atoms with E-state index in [0.717, 1.165) is 16.7 Å². The summed E-state index contributed by atoms with van der Waals surface area (Å²) in [6.45, 7) is 3.45. The van der Waals surface area contributed by atoms with Crippen LogP contribution in [0.4, 0.5) is 10.5 Å². The number of rotatable bonds is 9. The smallest absolute Gasteiger partial charge is 0.294 e. The van der Waals surface area contributed by atoms with E-state index in [0.29, 0.717) is 28.5 Å². The first-order valence-corrected chi connectivity index (χ1v) is 10.4. The zero-order valence-corrected chi connectivity index (χ0v) is 18.4. The van der Waals surface area contributed by atoms with Crippen molar-refractivity contribution in [3.63, 3.8) is 0 Å². The fourth-order valence-electron chi connectivity index (χ4n) is 2.96. The van der Waals surface area contributed by atoms with E-state index in [2.05, 4.69) is 11.9 Å². The van der Waals surface area contributed by atoms with Crippen LogP contribution in [0.15, 0.2) is 60.0 Å². The number of carbonyl (C=O) groups is 3. The molecule has 0 radical (unpaired) electrons. The Balaban J connectivity index is 1.78. The van der Waals surface area contributed by atoms with Gasteiger partial charge in [0.1, 0.15) is 18.9 Å². The molecule has 166 valence electrons. The number of imide groups is 1. The van der Waals surface area contributed by atoms with E-state index in [1.165, 1.54) is 14.2 Å². The monoisotopic (exact) mass is 454 g/mol. The predicted octanol–water partition coefficient (Wildman–Crippen LogP) is 3.94. The lowest BCUT2D eigenvalue weighted by molar-refractivity contribution is -0.127. The van der Waals surface area contributed by atoms with Gasteiger partial charge in [-0.2, -0.15) is 0 Å². The first-order valence-electron chi connectivity index (χ1n) is 9.57. The molecule has 0 bridgehead atoms. The Kier molecular flexibility index (Phi) is 7.56. The molecular weight excluding hydrogens is 432 g/mol. The molecule has 2 aromatic carbocycles. The highest BCUT2D eigenvalue weighted by atomic mass is 32.2. The number of nitrogens with one attached hydrogen (secondary N) is 1. The number of hydrogen-bond donors (Lipinski definition) is 1. The van der Waals surface area contributed by atoms with Gasteiger partial charge in [-0.15, -0.1) is 0 Å². The second-order valence-electron chi connectivity index (χ2n) is 6.49. The number of nitrogens with zero attached hydrogens (tertiary/aromatic N) is 1. The standard InChI is InChI=1S/C23H22N2O6S/c1-4-12-31-21-15(8-7-11-18(21)30-3)13-19-22(27)25(23(28)32-19)14-20(26)24-16-9-5-6-10-17(16)29-2/h4-11,13H,1,12,14H2,2-3H3,(H,24,26)/b19-13-. The number of methoxy groups -OCH3 is 2. The minimum absolute atomic E-state index is 0.178. The van der Waals surface area contributed by atoms with Gasteiger partial charge in [-0.05, 0) is 36.0 Å². The van der Waals surface area contributed by atoms with E-state index in [1.54, 1.807) is 54.6 Å². The SMILES string of the molecule is C=CCOc1c(/C=C2\SC(=O)N(CC(=O)Nc3ccccc3OC)C2=O)cccc1OC. The molecule has 1 heterocycles. The Hall–Kier alpha value is -3.72. The summed E-state index contributed by atoms with van der Waals surface area (Å²) < 4.78 is 16.2. The molecular formula is C23H22N2O6S. The highest BCUT2D eigenvalue weighted by molar-refractivity contribution is 8.18. The van der Waals surface area contributed by atoms with Crippen molar-refractivity contribution in [3.8, 4) is 17.2 Å². The van der Waals surface area contributed by atoms with Gasteiger partial charge in [0, 0.05) is 5.56 Å². The quantitative estimate of drug-likeness (QED) is 0.453. The fourth-order valence-corrected chi connectivity index (χ4v) is 3.79. The molecule has 1 fully saturated rings. The molecule has 0 aromatic heterocycles. The van der Waals surface area contributed by atoms with Crippen molar-refractivity contribution in [1.29, 1.82) is 0 Å². The first kappa shape index (κ1) is 23.0. The van der Waals surface area contributed by atoms with Crippen LogP contribution in [0.1, 0.15) is 5.56 Å². The van der Waals surface area contributed by atoms with Crippen LogP contribution in [0.3, 0.4) is 0 Å². The normalized spacial score (nSPS) is 14.4. The maximum absolute atomic E-state index is 12.8. The van der Waals surface area contributed by atoms with Crippen LogP contribution in [0.2, 0.25) is 0 Å². The molecule has 1 aliphatic rings. The first-order chi connectivity index (χ1) is 15.5. The van der Waals surface area contributed by atoms with Gasteiger partial charge in [-0.1, -0.05) is 36.9 Å². The van der Waals surface area contributed by atoms with Crippen molar-refractivity contribution in [3.05, 3.63) is 65.6 Å². The van der Waals surface area contributed by atoms with Crippen LogP contribution >= 0.6 is 11.8 Å². The summed E-state index contributed by atoms with van der Waals surface area (Å²) in [5.74, 6) is 0.300. The van der Waals surface area contributed by atoms with Gasteiger partial charge in [0.05, 0.1) is 24.8 Å². The molecule has 1 aliphatic heterocycles. The molecule has 1 saturated heterocycles. The Morgan fingerprint density at radius 2 is 1.81 bits per heavy atom. The van der Waals surface area contributed by atoms with Gasteiger partial charge in [0.25, 0.3) is 11.1 Å². The Morgan fingerprint density at radius 3 is 2.53 bits per heavy atom. The largest absolute Gasteiger partial charge is 0.495 e. The average molecular weight is 455 g/mol. The molecule has 0 spiro atoms. The minimum Gasteiger partial charge on any atom is -0.495 e. The van der Waals surface area contributed by atoms with Crippen molar-refractivity contribution in [2.75, 3.05) is 32.7 Å². The molecule has 32 heavy (non-hydrogen) atoms. The van der Waals surface area contributed by atoms with Crippen LogP contribution in [0, 0.1) is 0 Å². The lowest BCUT2D eigenvalue weighted by Gasteiger charge is -2.14. The molecule has 3 amide bonds. The van der Waals surface area contributed by atoms with Gasteiger partial charge in [-0.25, -0.2) is 0 Å². The number of amides is 3. The topological polar surface area (TPSA) is 94.2 Å². The molecule has 0 aliphatic carbocycles. The van der Waals surface area contributed by atoms with Gasteiger partial charge >= 0.3 is 0 Å². The fraction of sp³-hybridized carbons (Fsp3) is 0.174. The molecule has 1 N–H and O–H groups in total. The van der Waals surface area contributed by atoms with Gasteiger partial charge in [0.2, 0.25) is 5.91 Å². The van der Waals surface area contributed by atoms with E-state index in [9.17, 15) is 14.4 Å². The predicted molar refractivity (Wildman–Crippen MR) is 123 cm³/mol. The van der Waals surface area contributed by atoms with Gasteiger partial charge in [0.15, 0.2) is 11.5 Å². The van der Waals surface area contributed by atoms with Crippen molar-refractivity contribution < 1.29 is 28.6 Å². The molecule has 0 unspecified atom stereocenters. The Labute approximate surface area is 189 Å². The summed E-state index contributed by atoms with van der Waals surface area (Å²) >= 11 is 0.756. The number of para-hydroxylation sites is 3. The highest BCUT2D eigenvalue weighted by Gasteiger charge is 2.36. The van der Waals surface area contributed by atoms with Crippen LogP contribution < -0.4 is 19.5 Å². The molecule has 8 nitrogen and oxygen atoms in total. The maximum atomic E-state index is 12.8. The van der Waals surface area contributed by atoms with Crippen LogP contribution in [0.25, 0.3) is 6.08 Å². The number of benzene rings is 2. The minimum atomic E-state index is -0.562. The summed E-state index contributed by atoms with van der Waals surface area (Å²) in [4.78, 5) is 38.8. The second-order valence-corrected chi connectivity index (χ2v) is 7.49. The van der Waals surface area contributed by atoms with E-state index in [4.69, 9.17) is 14.2 Å². The number of hydrogen-bond acceptors (Lipinski definition) is 7. The Morgan fingerprint density at radius 1 is 1.09 bits per heavy atom. The lowest BCUT2D eigenvalue weighted by Crippen LogP contribution is -2.36. The third-order valence-electron chi connectivity index (χ3n) is 4.42. The molecule has 0 atom stereocenters. The molecule has 2 aromatic rings. The average Bonchev–Trinajstić information content (AvgIpc) is 3.05. The van der Waals surface area contributed by atoms with Crippen LogP contribution in [0.5, 0.6) is 17.2 Å². The van der Waals surface area contributed by atoms with Crippen molar-refractivity contribution in [2.24, 2.45) is 0 Å². The van der Waals surface area contributed by atoms with Crippen molar-refractivity contribution in [2.45, 2.75) is 0 Å². The number of anilines is 1. The van der Waals surface area contributed by atoms with Crippen LogP contribution in [-0.2, 0) is 9.59 Å². The summed E-state index contributed by atoms with van der Waals surface area (Å²) in [5.41, 5.74) is 1.01. The number of ether oxygens (including phenoxy) is 3. The summed E-state index contributed by atoms with van der Waals surface area (Å²) in [6, 6.07) is 12.1. The summed E-state index contributed by atoms with van der Waals surface area (Å²) in [7, 11) is 2.99. The van der Waals surface area contributed by atoms with Gasteiger partial charge < -0.3 is 19.5 Å².